The van der Waals surface area contributed by atoms with Crippen LogP contribution >= 0.6 is 15.9 Å². The van der Waals surface area contributed by atoms with E-state index in [9.17, 15) is 4.39 Å². The van der Waals surface area contributed by atoms with Gasteiger partial charge in [0.15, 0.2) is 0 Å². The molecule has 0 aliphatic rings. The highest BCUT2D eigenvalue weighted by Crippen LogP contribution is 2.17. The number of halogens is 2. The Labute approximate surface area is 104 Å². The molecule has 0 spiro atoms. The van der Waals surface area contributed by atoms with E-state index in [4.69, 9.17) is 4.74 Å². The predicted molar refractivity (Wildman–Crippen MR) is 66.9 cm³/mol. The Morgan fingerprint density at radius 2 is 2.19 bits per heavy atom. The Morgan fingerprint density at radius 1 is 1.38 bits per heavy atom. The van der Waals surface area contributed by atoms with Crippen molar-refractivity contribution >= 4 is 15.9 Å². The minimum atomic E-state index is -0.242. The van der Waals surface area contributed by atoms with Crippen LogP contribution in [0, 0.1) is 5.82 Å². The molecule has 1 N–H and O–H groups in total. The molecular weight excluding hydrogens is 273 g/mol. The molecule has 0 unspecified atom stereocenters. The molecule has 0 saturated carbocycles. The molecule has 0 heterocycles. The van der Waals surface area contributed by atoms with Crippen LogP contribution in [0.5, 0.6) is 0 Å². The summed E-state index contributed by atoms with van der Waals surface area (Å²) in [7, 11) is 0. The fourth-order valence-electron chi connectivity index (χ4n) is 1.27. The van der Waals surface area contributed by atoms with Crippen molar-refractivity contribution in [2.24, 2.45) is 0 Å². The van der Waals surface area contributed by atoms with E-state index in [1.54, 1.807) is 12.1 Å². The van der Waals surface area contributed by atoms with Crippen molar-refractivity contribution in [2.75, 3.05) is 19.7 Å². The molecule has 1 rings (SSSR count). The summed E-state index contributed by atoms with van der Waals surface area (Å²) in [5.41, 5.74) is 0.976. The third-order valence-corrected chi connectivity index (χ3v) is 2.71. The highest BCUT2D eigenvalue weighted by molar-refractivity contribution is 9.10. The van der Waals surface area contributed by atoms with E-state index < -0.39 is 0 Å². The summed E-state index contributed by atoms with van der Waals surface area (Å²) in [5.74, 6) is -0.242. The van der Waals surface area contributed by atoms with Crippen molar-refractivity contribution in [3.05, 3.63) is 34.1 Å². The van der Waals surface area contributed by atoms with E-state index in [1.807, 2.05) is 0 Å². The Morgan fingerprint density at radius 3 is 2.88 bits per heavy atom. The monoisotopic (exact) mass is 289 g/mol. The molecule has 0 radical (unpaired) electrons. The van der Waals surface area contributed by atoms with Gasteiger partial charge in [0, 0.05) is 6.54 Å². The van der Waals surface area contributed by atoms with Crippen molar-refractivity contribution in [3.63, 3.8) is 0 Å². The van der Waals surface area contributed by atoms with Gasteiger partial charge < -0.3 is 10.1 Å². The van der Waals surface area contributed by atoms with Crippen LogP contribution in [0.25, 0.3) is 0 Å². The first-order valence-electron chi connectivity index (χ1n) is 5.46. The molecule has 0 aromatic heterocycles. The number of ether oxygens (including phenoxy) is 1. The second-order valence-corrected chi connectivity index (χ2v) is 4.41. The van der Waals surface area contributed by atoms with Crippen molar-refractivity contribution in [2.45, 2.75) is 20.0 Å². The van der Waals surface area contributed by atoms with Crippen LogP contribution in [0.1, 0.15) is 18.9 Å². The minimum absolute atomic E-state index is 0.242. The van der Waals surface area contributed by atoms with Gasteiger partial charge in [0.2, 0.25) is 0 Å². The minimum Gasteiger partial charge on any atom is -0.375 e. The SMILES string of the molecule is CCCNCCOCc1ccc(F)c(Br)c1. The number of benzene rings is 1. The van der Waals surface area contributed by atoms with Gasteiger partial charge in [-0.1, -0.05) is 13.0 Å². The van der Waals surface area contributed by atoms with Crippen LogP contribution in [0.2, 0.25) is 0 Å². The van der Waals surface area contributed by atoms with Crippen molar-refractivity contribution in [1.82, 2.24) is 5.32 Å². The smallest absolute Gasteiger partial charge is 0.137 e. The summed E-state index contributed by atoms with van der Waals surface area (Å²) in [5, 5.41) is 3.25. The molecule has 0 bridgehead atoms. The van der Waals surface area contributed by atoms with E-state index in [0.717, 1.165) is 25.1 Å². The molecule has 0 amide bonds. The fourth-order valence-corrected chi connectivity index (χ4v) is 1.69. The molecule has 0 atom stereocenters. The lowest BCUT2D eigenvalue weighted by molar-refractivity contribution is 0.123. The van der Waals surface area contributed by atoms with E-state index >= 15 is 0 Å². The number of hydrogen-bond donors (Lipinski definition) is 1. The molecule has 2 nitrogen and oxygen atoms in total. The molecule has 1 aromatic carbocycles. The van der Waals surface area contributed by atoms with Gasteiger partial charge >= 0.3 is 0 Å². The Kier molecular flexibility index (Phi) is 6.61. The Balaban J connectivity index is 2.19. The number of hydrogen-bond acceptors (Lipinski definition) is 2. The molecule has 0 saturated heterocycles. The first-order chi connectivity index (χ1) is 7.74. The molecule has 1 aromatic rings. The lowest BCUT2D eigenvalue weighted by Gasteiger charge is -2.06. The zero-order chi connectivity index (χ0) is 11.8. The largest absolute Gasteiger partial charge is 0.375 e. The normalized spacial score (nSPS) is 10.7. The summed E-state index contributed by atoms with van der Waals surface area (Å²) in [4.78, 5) is 0. The highest BCUT2D eigenvalue weighted by atomic mass is 79.9. The van der Waals surface area contributed by atoms with Crippen LogP contribution in [-0.2, 0) is 11.3 Å². The number of nitrogens with one attached hydrogen (secondary N) is 1. The topological polar surface area (TPSA) is 21.3 Å². The van der Waals surface area contributed by atoms with Crippen LogP contribution in [0.15, 0.2) is 22.7 Å². The zero-order valence-electron chi connectivity index (χ0n) is 9.43. The molecule has 16 heavy (non-hydrogen) atoms. The molecule has 0 fully saturated rings. The molecule has 90 valence electrons. The summed E-state index contributed by atoms with van der Waals surface area (Å²) < 4.78 is 18.9. The molecule has 0 aliphatic carbocycles. The first kappa shape index (κ1) is 13.6. The van der Waals surface area contributed by atoms with Gasteiger partial charge in [0.1, 0.15) is 5.82 Å². The molecule has 0 aliphatic heterocycles. The number of rotatable bonds is 7. The highest BCUT2D eigenvalue weighted by Gasteiger charge is 2.00. The van der Waals surface area contributed by atoms with Crippen LogP contribution < -0.4 is 5.32 Å². The summed E-state index contributed by atoms with van der Waals surface area (Å²) in [6, 6.07) is 4.92. The van der Waals surface area contributed by atoms with Crippen molar-refractivity contribution in [1.29, 1.82) is 0 Å². The van der Waals surface area contributed by atoms with Gasteiger partial charge in [-0.3, -0.25) is 0 Å². The van der Waals surface area contributed by atoms with E-state index in [1.165, 1.54) is 6.07 Å². The maximum Gasteiger partial charge on any atom is 0.137 e. The van der Waals surface area contributed by atoms with Crippen LogP contribution in [-0.4, -0.2) is 19.7 Å². The third kappa shape index (κ3) is 5.05. The third-order valence-electron chi connectivity index (χ3n) is 2.10. The predicted octanol–water partition coefficient (Wildman–Crippen LogP) is 3.10. The van der Waals surface area contributed by atoms with Crippen LogP contribution in [0.3, 0.4) is 0 Å². The average Bonchev–Trinajstić information content (AvgIpc) is 2.28. The Hall–Kier alpha value is -0.450. The standard InChI is InChI=1S/C12H17BrFNO/c1-2-5-15-6-7-16-9-10-3-4-12(14)11(13)8-10/h3-4,8,15H,2,5-7,9H2,1H3. The van der Waals surface area contributed by atoms with Crippen molar-refractivity contribution in [3.8, 4) is 0 Å². The van der Waals surface area contributed by atoms with Crippen LogP contribution in [0.4, 0.5) is 4.39 Å². The van der Waals surface area contributed by atoms with Gasteiger partial charge in [0.25, 0.3) is 0 Å². The van der Waals surface area contributed by atoms with Gasteiger partial charge in [-0.25, -0.2) is 4.39 Å². The van der Waals surface area contributed by atoms with Gasteiger partial charge in [-0.15, -0.1) is 0 Å². The van der Waals surface area contributed by atoms with Gasteiger partial charge in [0.05, 0.1) is 17.7 Å². The van der Waals surface area contributed by atoms with Crippen molar-refractivity contribution < 1.29 is 9.13 Å². The Bertz CT molecular complexity index is 320. The quantitative estimate of drug-likeness (QED) is 0.779. The summed E-state index contributed by atoms with van der Waals surface area (Å²) >= 11 is 3.15. The van der Waals surface area contributed by atoms with E-state index in [2.05, 4.69) is 28.2 Å². The van der Waals surface area contributed by atoms with E-state index in [0.29, 0.717) is 17.7 Å². The maximum absolute atomic E-state index is 12.9. The second kappa shape index (κ2) is 7.76. The second-order valence-electron chi connectivity index (χ2n) is 3.55. The summed E-state index contributed by atoms with van der Waals surface area (Å²) in [6.07, 6.45) is 1.13. The maximum atomic E-state index is 12.9. The molecular formula is C12H17BrFNO. The van der Waals surface area contributed by atoms with Gasteiger partial charge in [-0.2, -0.15) is 0 Å². The fraction of sp³-hybridized carbons (Fsp3) is 0.500. The zero-order valence-corrected chi connectivity index (χ0v) is 11.0. The first-order valence-corrected chi connectivity index (χ1v) is 6.25. The average molecular weight is 290 g/mol. The molecule has 4 heteroatoms. The van der Waals surface area contributed by atoms with Gasteiger partial charge in [-0.05, 0) is 46.6 Å². The lowest BCUT2D eigenvalue weighted by atomic mass is 10.2. The van der Waals surface area contributed by atoms with E-state index in [-0.39, 0.29) is 5.82 Å². The lowest BCUT2D eigenvalue weighted by Crippen LogP contribution is -2.20. The summed E-state index contributed by atoms with van der Waals surface area (Å²) in [6.45, 7) is 5.20.